The van der Waals surface area contributed by atoms with Crippen LogP contribution < -0.4 is 5.32 Å². The molecule has 0 amide bonds. The number of hydrogen-bond acceptors (Lipinski definition) is 2. The number of ketones is 1. The van der Waals surface area contributed by atoms with E-state index >= 15 is 0 Å². The standard InChI is InChI=1S/C12H13ClFNO/c1-2-5-15-8-11(16)6-9-3-4-10(13)7-12(9)14/h2-4,7,15H,1,5-6,8H2. The molecule has 2 nitrogen and oxygen atoms in total. The average molecular weight is 242 g/mol. The molecule has 1 rings (SSSR count). The highest BCUT2D eigenvalue weighted by molar-refractivity contribution is 6.30. The van der Waals surface area contributed by atoms with E-state index in [2.05, 4.69) is 11.9 Å². The summed E-state index contributed by atoms with van der Waals surface area (Å²) < 4.78 is 13.3. The van der Waals surface area contributed by atoms with Crippen molar-refractivity contribution in [2.24, 2.45) is 0 Å². The van der Waals surface area contributed by atoms with Gasteiger partial charge >= 0.3 is 0 Å². The Morgan fingerprint density at radius 1 is 1.56 bits per heavy atom. The van der Waals surface area contributed by atoms with Crippen LogP contribution in [0.2, 0.25) is 5.02 Å². The normalized spacial score (nSPS) is 10.1. The number of hydrogen-bond donors (Lipinski definition) is 1. The van der Waals surface area contributed by atoms with Crippen molar-refractivity contribution in [2.75, 3.05) is 13.1 Å². The fourth-order valence-corrected chi connectivity index (χ4v) is 1.41. The number of rotatable bonds is 6. The van der Waals surface area contributed by atoms with Crippen molar-refractivity contribution in [1.29, 1.82) is 0 Å². The average Bonchev–Trinajstić information content (AvgIpc) is 2.23. The van der Waals surface area contributed by atoms with E-state index in [1.165, 1.54) is 12.1 Å². The second-order valence-electron chi connectivity index (χ2n) is 3.37. The van der Waals surface area contributed by atoms with Crippen LogP contribution in [-0.4, -0.2) is 18.9 Å². The summed E-state index contributed by atoms with van der Waals surface area (Å²) in [5, 5.41) is 3.20. The van der Waals surface area contributed by atoms with Gasteiger partial charge in [0.15, 0.2) is 5.78 Å². The number of Topliss-reactive ketones (excluding diaryl/α,β-unsaturated/α-hetero) is 1. The molecule has 0 heterocycles. The lowest BCUT2D eigenvalue weighted by molar-refractivity contribution is -0.117. The van der Waals surface area contributed by atoms with Crippen molar-refractivity contribution in [1.82, 2.24) is 5.32 Å². The molecule has 0 aliphatic heterocycles. The van der Waals surface area contributed by atoms with Gasteiger partial charge in [-0.2, -0.15) is 0 Å². The van der Waals surface area contributed by atoms with Crippen molar-refractivity contribution in [3.05, 3.63) is 47.3 Å². The Morgan fingerprint density at radius 2 is 2.31 bits per heavy atom. The summed E-state index contributed by atoms with van der Waals surface area (Å²) in [5.41, 5.74) is 0.370. The summed E-state index contributed by atoms with van der Waals surface area (Å²) in [7, 11) is 0. The Morgan fingerprint density at radius 3 is 2.94 bits per heavy atom. The smallest absolute Gasteiger partial charge is 0.151 e. The Bertz CT molecular complexity index is 393. The molecule has 0 saturated carbocycles. The molecule has 0 aromatic heterocycles. The largest absolute Gasteiger partial charge is 0.307 e. The van der Waals surface area contributed by atoms with E-state index in [0.717, 1.165) is 0 Å². The van der Waals surface area contributed by atoms with Crippen LogP contribution in [0.25, 0.3) is 0 Å². The molecule has 0 fully saturated rings. The monoisotopic (exact) mass is 241 g/mol. The molecule has 0 aliphatic rings. The van der Waals surface area contributed by atoms with Crippen molar-refractivity contribution >= 4 is 17.4 Å². The molecule has 1 aromatic carbocycles. The van der Waals surface area contributed by atoms with E-state index in [1.807, 2.05) is 0 Å². The fourth-order valence-electron chi connectivity index (χ4n) is 1.25. The van der Waals surface area contributed by atoms with Crippen molar-refractivity contribution < 1.29 is 9.18 Å². The van der Waals surface area contributed by atoms with Gasteiger partial charge in [-0.15, -0.1) is 6.58 Å². The van der Waals surface area contributed by atoms with E-state index in [1.54, 1.807) is 12.1 Å². The molecular weight excluding hydrogens is 229 g/mol. The molecule has 16 heavy (non-hydrogen) atoms. The van der Waals surface area contributed by atoms with Crippen LogP contribution in [-0.2, 0) is 11.2 Å². The molecular formula is C12H13ClFNO. The SMILES string of the molecule is C=CCNCC(=O)Cc1ccc(Cl)cc1F. The number of nitrogens with one attached hydrogen (secondary N) is 1. The van der Waals surface area contributed by atoms with Crippen molar-refractivity contribution in [2.45, 2.75) is 6.42 Å². The maximum absolute atomic E-state index is 13.3. The third-order valence-electron chi connectivity index (χ3n) is 2.01. The lowest BCUT2D eigenvalue weighted by Gasteiger charge is -2.03. The van der Waals surface area contributed by atoms with Crippen LogP contribution >= 0.6 is 11.6 Å². The highest BCUT2D eigenvalue weighted by Crippen LogP contribution is 2.15. The number of carbonyl (C=O) groups is 1. The number of halogens is 2. The minimum absolute atomic E-state index is 0.0666. The second kappa shape index (κ2) is 6.40. The summed E-state index contributed by atoms with van der Waals surface area (Å²) in [4.78, 5) is 11.4. The highest BCUT2D eigenvalue weighted by Gasteiger charge is 2.08. The van der Waals surface area contributed by atoms with E-state index in [0.29, 0.717) is 17.1 Å². The van der Waals surface area contributed by atoms with Crippen molar-refractivity contribution in [3.8, 4) is 0 Å². The van der Waals surface area contributed by atoms with Gasteiger partial charge in [-0.1, -0.05) is 23.7 Å². The summed E-state index contributed by atoms with van der Waals surface area (Å²) >= 11 is 5.61. The minimum atomic E-state index is -0.440. The molecule has 0 aliphatic carbocycles. The van der Waals surface area contributed by atoms with Gasteiger partial charge in [0.25, 0.3) is 0 Å². The molecule has 1 aromatic rings. The molecule has 4 heteroatoms. The number of carbonyl (C=O) groups excluding carboxylic acids is 1. The molecule has 0 saturated heterocycles. The van der Waals surface area contributed by atoms with Gasteiger partial charge < -0.3 is 5.32 Å². The molecule has 0 bridgehead atoms. The predicted molar refractivity (Wildman–Crippen MR) is 63.2 cm³/mol. The maximum Gasteiger partial charge on any atom is 0.151 e. The van der Waals surface area contributed by atoms with E-state index in [-0.39, 0.29) is 18.7 Å². The van der Waals surface area contributed by atoms with E-state index in [9.17, 15) is 9.18 Å². The highest BCUT2D eigenvalue weighted by atomic mass is 35.5. The van der Waals surface area contributed by atoms with Gasteiger partial charge in [-0.25, -0.2) is 4.39 Å². The minimum Gasteiger partial charge on any atom is -0.307 e. The molecule has 1 N–H and O–H groups in total. The zero-order valence-electron chi connectivity index (χ0n) is 8.80. The number of benzene rings is 1. The topological polar surface area (TPSA) is 29.1 Å². The quantitative estimate of drug-likeness (QED) is 0.612. The van der Waals surface area contributed by atoms with Crippen LogP contribution in [0.5, 0.6) is 0 Å². The Kier molecular flexibility index (Phi) is 5.15. The zero-order valence-corrected chi connectivity index (χ0v) is 9.56. The molecule has 0 spiro atoms. The molecule has 0 atom stereocenters. The third-order valence-corrected chi connectivity index (χ3v) is 2.25. The summed E-state index contributed by atoms with van der Waals surface area (Å²) in [5.74, 6) is -0.507. The first-order valence-corrected chi connectivity index (χ1v) is 5.28. The first-order chi connectivity index (χ1) is 7.63. The van der Waals surface area contributed by atoms with Crippen LogP contribution in [0.15, 0.2) is 30.9 Å². The van der Waals surface area contributed by atoms with Gasteiger partial charge in [0.1, 0.15) is 5.82 Å². The Hall–Kier alpha value is -1.19. The lowest BCUT2D eigenvalue weighted by Crippen LogP contribution is -2.24. The Balaban J connectivity index is 2.52. The molecule has 0 radical (unpaired) electrons. The fraction of sp³-hybridized carbons (Fsp3) is 0.250. The van der Waals surface area contributed by atoms with Crippen molar-refractivity contribution in [3.63, 3.8) is 0 Å². The zero-order chi connectivity index (χ0) is 12.0. The van der Waals surface area contributed by atoms with Gasteiger partial charge in [0.05, 0.1) is 6.54 Å². The van der Waals surface area contributed by atoms with Crippen LogP contribution in [0.3, 0.4) is 0 Å². The third kappa shape index (κ3) is 4.13. The first kappa shape index (κ1) is 12.9. The molecule has 0 unspecified atom stereocenters. The summed E-state index contributed by atoms with van der Waals surface area (Å²) in [6, 6.07) is 4.31. The van der Waals surface area contributed by atoms with Crippen LogP contribution in [0.1, 0.15) is 5.56 Å². The molecule has 86 valence electrons. The van der Waals surface area contributed by atoms with Gasteiger partial charge in [-0.05, 0) is 17.7 Å². The lowest BCUT2D eigenvalue weighted by atomic mass is 10.1. The predicted octanol–water partition coefficient (Wildman–Crippen LogP) is 2.37. The summed E-state index contributed by atoms with van der Waals surface area (Å²) in [6.07, 6.45) is 1.74. The first-order valence-electron chi connectivity index (χ1n) is 4.90. The Labute approximate surface area is 99.1 Å². The van der Waals surface area contributed by atoms with Gasteiger partial charge in [0.2, 0.25) is 0 Å². The van der Waals surface area contributed by atoms with E-state index < -0.39 is 5.82 Å². The van der Waals surface area contributed by atoms with E-state index in [4.69, 9.17) is 11.6 Å². The maximum atomic E-state index is 13.3. The second-order valence-corrected chi connectivity index (χ2v) is 3.81. The summed E-state index contributed by atoms with van der Waals surface area (Å²) in [6.45, 7) is 4.30. The van der Waals surface area contributed by atoms with Gasteiger partial charge in [0, 0.05) is 18.0 Å². The van der Waals surface area contributed by atoms with Crippen LogP contribution in [0.4, 0.5) is 4.39 Å². The van der Waals surface area contributed by atoms with Gasteiger partial charge in [-0.3, -0.25) is 4.79 Å². The van der Waals surface area contributed by atoms with Crippen LogP contribution in [0, 0.1) is 5.82 Å².